The van der Waals surface area contributed by atoms with Crippen LogP contribution in [0.5, 0.6) is 0 Å². The lowest BCUT2D eigenvalue weighted by Crippen LogP contribution is -2.54. The Morgan fingerprint density at radius 3 is 2.22 bits per heavy atom. The van der Waals surface area contributed by atoms with Gasteiger partial charge in [-0.15, -0.1) is 0 Å². The molecule has 1 rings (SSSR count). The van der Waals surface area contributed by atoms with Crippen LogP contribution < -0.4 is 16.0 Å². The van der Waals surface area contributed by atoms with E-state index in [1.165, 1.54) is 7.11 Å². The van der Waals surface area contributed by atoms with Crippen LogP contribution in [0.15, 0.2) is 0 Å². The van der Waals surface area contributed by atoms with Crippen molar-refractivity contribution in [1.82, 2.24) is 16.0 Å². The molecule has 0 bridgehead atoms. The maximum Gasteiger partial charge on any atom is 0.407 e. The average molecular weight is 327 g/mol. The zero-order valence-electron chi connectivity index (χ0n) is 14.6. The van der Waals surface area contributed by atoms with Crippen molar-refractivity contribution in [3.8, 4) is 0 Å². The molecule has 0 aromatic carbocycles. The molecule has 1 fully saturated rings. The third-order valence-corrected chi connectivity index (χ3v) is 4.02. The molecule has 1 aliphatic carbocycles. The quantitative estimate of drug-likeness (QED) is 0.682. The van der Waals surface area contributed by atoms with Crippen molar-refractivity contribution >= 4 is 17.9 Å². The normalized spacial score (nSPS) is 21.9. The van der Waals surface area contributed by atoms with Crippen LogP contribution in [-0.2, 0) is 14.3 Å². The van der Waals surface area contributed by atoms with Gasteiger partial charge in [-0.25, -0.2) is 4.79 Å². The SMILES string of the molecule is COC(=O)N[C@H](C(=O)N[C@@H]1CCC[C@H]1C(=O)NC(C)C)C(C)C. The topological polar surface area (TPSA) is 96.5 Å². The maximum atomic E-state index is 12.5. The maximum absolute atomic E-state index is 12.5. The van der Waals surface area contributed by atoms with E-state index in [-0.39, 0.29) is 35.7 Å². The monoisotopic (exact) mass is 327 g/mol. The van der Waals surface area contributed by atoms with Crippen molar-refractivity contribution in [1.29, 1.82) is 0 Å². The largest absolute Gasteiger partial charge is 0.453 e. The molecular formula is C16H29N3O4. The summed E-state index contributed by atoms with van der Waals surface area (Å²) in [5, 5.41) is 8.37. The highest BCUT2D eigenvalue weighted by Crippen LogP contribution is 2.26. The molecule has 0 unspecified atom stereocenters. The molecule has 0 heterocycles. The van der Waals surface area contributed by atoms with Gasteiger partial charge in [-0.05, 0) is 32.6 Å². The molecule has 0 saturated heterocycles. The highest BCUT2D eigenvalue weighted by atomic mass is 16.5. The molecule has 0 aliphatic heterocycles. The number of alkyl carbamates (subject to hydrolysis) is 1. The molecular weight excluding hydrogens is 298 g/mol. The van der Waals surface area contributed by atoms with Gasteiger partial charge in [0.25, 0.3) is 0 Å². The Bertz CT molecular complexity index is 437. The summed E-state index contributed by atoms with van der Waals surface area (Å²) in [7, 11) is 1.26. The van der Waals surface area contributed by atoms with Crippen molar-refractivity contribution in [2.45, 2.75) is 65.1 Å². The van der Waals surface area contributed by atoms with Gasteiger partial charge in [-0.3, -0.25) is 9.59 Å². The number of nitrogens with one attached hydrogen (secondary N) is 3. The summed E-state index contributed by atoms with van der Waals surface area (Å²) in [6.45, 7) is 7.51. The molecule has 0 aromatic heterocycles. The van der Waals surface area contributed by atoms with Crippen LogP contribution in [0.1, 0.15) is 47.0 Å². The van der Waals surface area contributed by atoms with Gasteiger partial charge in [0.05, 0.1) is 13.0 Å². The third kappa shape index (κ3) is 5.73. The number of ether oxygens (including phenoxy) is 1. The zero-order chi connectivity index (χ0) is 17.6. The van der Waals surface area contributed by atoms with E-state index in [4.69, 9.17) is 0 Å². The highest BCUT2D eigenvalue weighted by molar-refractivity contribution is 5.87. The second-order valence-electron chi connectivity index (χ2n) is 6.67. The molecule has 0 spiro atoms. The number of methoxy groups -OCH3 is 1. The van der Waals surface area contributed by atoms with E-state index in [0.29, 0.717) is 0 Å². The fourth-order valence-corrected chi connectivity index (χ4v) is 2.83. The van der Waals surface area contributed by atoms with E-state index in [9.17, 15) is 14.4 Å². The van der Waals surface area contributed by atoms with E-state index in [1.54, 1.807) is 0 Å². The first kappa shape index (κ1) is 19.3. The summed E-state index contributed by atoms with van der Waals surface area (Å²) in [5.41, 5.74) is 0. The predicted octanol–water partition coefficient (Wildman–Crippen LogP) is 1.18. The lowest BCUT2D eigenvalue weighted by Gasteiger charge is -2.26. The number of hydrogen-bond acceptors (Lipinski definition) is 4. The number of hydrogen-bond donors (Lipinski definition) is 3. The molecule has 0 radical (unpaired) electrons. The van der Waals surface area contributed by atoms with E-state index >= 15 is 0 Å². The van der Waals surface area contributed by atoms with Crippen LogP contribution >= 0.6 is 0 Å². The summed E-state index contributed by atoms with van der Waals surface area (Å²) in [6.07, 6.45) is 1.79. The minimum atomic E-state index is -0.683. The Labute approximate surface area is 137 Å². The molecule has 1 aliphatic rings. The van der Waals surface area contributed by atoms with Crippen molar-refractivity contribution in [2.24, 2.45) is 11.8 Å². The third-order valence-electron chi connectivity index (χ3n) is 4.02. The Morgan fingerprint density at radius 2 is 1.70 bits per heavy atom. The van der Waals surface area contributed by atoms with Crippen molar-refractivity contribution in [3.63, 3.8) is 0 Å². The van der Waals surface area contributed by atoms with E-state index in [2.05, 4.69) is 20.7 Å². The second-order valence-corrected chi connectivity index (χ2v) is 6.67. The number of rotatable bonds is 6. The number of carbonyl (C=O) groups excluding carboxylic acids is 3. The highest BCUT2D eigenvalue weighted by Gasteiger charge is 2.36. The first-order valence-corrected chi connectivity index (χ1v) is 8.21. The summed E-state index contributed by atoms with van der Waals surface area (Å²) < 4.78 is 4.56. The summed E-state index contributed by atoms with van der Waals surface area (Å²) in [4.78, 5) is 36.1. The molecule has 0 aromatic rings. The van der Waals surface area contributed by atoms with Gasteiger partial charge in [0.2, 0.25) is 11.8 Å². The minimum Gasteiger partial charge on any atom is -0.453 e. The number of amides is 3. The van der Waals surface area contributed by atoms with Gasteiger partial charge in [0.1, 0.15) is 6.04 Å². The van der Waals surface area contributed by atoms with Gasteiger partial charge < -0.3 is 20.7 Å². The van der Waals surface area contributed by atoms with Crippen LogP contribution in [0.4, 0.5) is 4.79 Å². The van der Waals surface area contributed by atoms with Gasteiger partial charge in [-0.2, -0.15) is 0 Å². The lowest BCUT2D eigenvalue weighted by molar-refractivity contribution is -0.128. The second kappa shape index (κ2) is 8.74. The zero-order valence-corrected chi connectivity index (χ0v) is 14.6. The number of carbonyl (C=O) groups is 3. The minimum absolute atomic E-state index is 0.0233. The van der Waals surface area contributed by atoms with Crippen molar-refractivity contribution in [2.75, 3.05) is 7.11 Å². The van der Waals surface area contributed by atoms with E-state index < -0.39 is 12.1 Å². The van der Waals surface area contributed by atoms with Gasteiger partial charge in [0.15, 0.2) is 0 Å². The Hall–Kier alpha value is -1.79. The first-order valence-electron chi connectivity index (χ1n) is 8.21. The van der Waals surface area contributed by atoms with Crippen LogP contribution in [-0.4, -0.2) is 43.1 Å². The fourth-order valence-electron chi connectivity index (χ4n) is 2.83. The molecule has 132 valence electrons. The lowest BCUT2D eigenvalue weighted by atomic mass is 9.99. The Balaban J connectivity index is 2.69. The Morgan fingerprint density at radius 1 is 1.04 bits per heavy atom. The molecule has 7 nitrogen and oxygen atoms in total. The Kier molecular flexibility index (Phi) is 7.32. The summed E-state index contributed by atoms with van der Waals surface area (Å²) in [5.74, 6) is -0.602. The average Bonchev–Trinajstić information content (AvgIpc) is 2.91. The molecule has 3 amide bonds. The predicted molar refractivity (Wildman–Crippen MR) is 86.7 cm³/mol. The standard InChI is InChI=1S/C16H29N3O4/c1-9(2)13(19-16(22)23-5)15(21)18-12-8-6-7-11(12)14(20)17-10(3)4/h9-13H,6-8H2,1-5H3,(H,17,20)(H,18,21)(H,19,22)/t11-,12-,13+/m1/s1. The van der Waals surface area contributed by atoms with Gasteiger partial charge in [-0.1, -0.05) is 20.3 Å². The smallest absolute Gasteiger partial charge is 0.407 e. The summed E-state index contributed by atoms with van der Waals surface area (Å²) >= 11 is 0. The molecule has 7 heteroatoms. The van der Waals surface area contributed by atoms with Crippen LogP contribution in [0.25, 0.3) is 0 Å². The van der Waals surface area contributed by atoms with Crippen LogP contribution in [0.3, 0.4) is 0 Å². The molecule has 3 atom stereocenters. The van der Waals surface area contributed by atoms with Crippen molar-refractivity contribution < 1.29 is 19.1 Å². The molecule has 23 heavy (non-hydrogen) atoms. The fraction of sp³-hybridized carbons (Fsp3) is 0.812. The molecule has 1 saturated carbocycles. The first-order chi connectivity index (χ1) is 10.8. The summed E-state index contributed by atoms with van der Waals surface area (Å²) in [6, 6.07) is -0.803. The van der Waals surface area contributed by atoms with E-state index in [1.807, 2.05) is 27.7 Å². The van der Waals surface area contributed by atoms with Crippen molar-refractivity contribution in [3.05, 3.63) is 0 Å². The van der Waals surface area contributed by atoms with E-state index in [0.717, 1.165) is 19.3 Å². The van der Waals surface area contributed by atoms with Crippen LogP contribution in [0, 0.1) is 11.8 Å². The van der Waals surface area contributed by atoms with Gasteiger partial charge in [0, 0.05) is 12.1 Å². The molecule has 3 N–H and O–H groups in total. The van der Waals surface area contributed by atoms with Crippen LogP contribution in [0.2, 0.25) is 0 Å². The van der Waals surface area contributed by atoms with Gasteiger partial charge >= 0.3 is 6.09 Å².